The second-order valence-corrected chi connectivity index (χ2v) is 6.81. The van der Waals surface area contributed by atoms with Crippen LogP contribution in [0.2, 0.25) is 0 Å². The number of hydrogen-bond donors (Lipinski definition) is 1. The Morgan fingerprint density at radius 2 is 1.42 bits per heavy atom. The Hall–Kier alpha value is -3.52. The number of benzene rings is 4. The molecule has 2 nitrogen and oxygen atoms in total. The third kappa shape index (κ3) is 1.81. The summed E-state index contributed by atoms with van der Waals surface area (Å²) in [6.45, 7) is 0. The molecule has 0 saturated heterocycles. The third-order valence-electron chi connectivity index (χ3n) is 5.35. The van der Waals surface area contributed by atoms with Gasteiger partial charge < -0.3 is 9.55 Å². The summed E-state index contributed by atoms with van der Waals surface area (Å²) in [5, 5.41) is 6.42. The largest absolute Gasteiger partial charge is 0.354 e. The van der Waals surface area contributed by atoms with Gasteiger partial charge in [0.1, 0.15) is 0 Å². The predicted molar refractivity (Wildman–Crippen MR) is 110 cm³/mol. The number of nitrogens with one attached hydrogen (secondary N) is 1. The van der Waals surface area contributed by atoms with E-state index in [1.54, 1.807) is 0 Å². The van der Waals surface area contributed by atoms with Crippen LogP contribution in [0.5, 0.6) is 0 Å². The first-order valence-electron chi connectivity index (χ1n) is 8.88. The zero-order valence-electron chi connectivity index (χ0n) is 14.1. The summed E-state index contributed by atoms with van der Waals surface area (Å²) in [4.78, 5) is 3.57. The molecule has 2 aromatic heterocycles. The standard InChI is InChI=1S/C24H16N2/c1-2-6-17(7-3-1)26-13-12-19-20-15-23-21(14-16(20)10-11-24(19)26)18-8-4-5-9-22(18)25-23/h1-15,25H. The number of aromatic amines is 1. The zero-order chi connectivity index (χ0) is 17.1. The van der Waals surface area contributed by atoms with Crippen LogP contribution in [0.1, 0.15) is 0 Å². The summed E-state index contributed by atoms with van der Waals surface area (Å²) in [6, 6.07) is 30.3. The van der Waals surface area contributed by atoms with Crippen LogP contribution in [-0.4, -0.2) is 9.55 Å². The van der Waals surface area contributed by atoms with Crippen LogP contribution in [0.15, 0.2) is 91.1 Å². The Labute approximate surface area is 150 Å². The van der Waals surface area contributed by atoms with E-state index < -0.39 is 0 Å². The third-order valence-corrected chi connectivity index (χ3v) is 5.35. The SMILES string of the molecule is c1ccc(-n2ccc3c4cc5[nH]c6ccccc6c5cc4ccc32)cc1. The van der Waals surface area contributed by atoms with Crippen LogP contribution in [0.25, 0.3) is 49.2 Å². The number of nitrogens with zero attached hydrogens (tertiary/aromatic N) is 1. The van der Waals surface area contributed by atoms with Gasteiger partial charge in [-0.25, -0.2) is 0 Å². The number of para-hydroxylation sites is 2. The fourth-order valence-electron chi connectivity index (χ4n) is 4.11. The average Bonchev–Trinajstić information content (AvgIpc) is 3.28. The lowest BCUT2D eigenvalue weighted by atomic mass is 10.0. The van der Waals surface area contributed by atoms with Crippen molar-refractivity contribution in [1.82, 2.24) is 9.55 Å². The molecule has 0 unspecified atom stereocenters. The Morgan fingerprint density at radius 1 is 0.577 bits per heavy atom. The summed E-state index contributed by atoms with van der Waals surface area (Å²) in [5.41, 5.74) is 4.81. The first-order chi connectivity index (χ1) is 12.9. The molecule has 0 amide bonds. The van der Waals surface area contributed by atoms with Gasteiger partial charge in [-0.3, -0.25) is 0 Å². The minimum absolute atomic E-state index is 1.19. The van der Waals surface area contributed by atoms with E-state index in [4.69, 9.17) is 0 Å². The van der Waals surface area contributed by atoms with Gasteiger partial charge in [-0.15, -0.1) is 0 Å². The Kier molecular flexibility index (Phi) is 2.64. The zero-order valence-corrected chi connectivity index (χ0v) is 14.1. The molecule has 0 fully saturated rings. The quantitative estimate of drug-likeness (QED) is 0.359. The molecular weight excluding hydrogens is 316 g/mol. The van der Waals surface area contributed by atoms with Gasteiger partial charge in [0, 0.05) is 39.1 Å². The highest BCUT2D eigenvalue weighted by molar-refractivity contribution is 6.16. The lowest BCUT2D eigenvalue weighted by molar-refractivity contribution is 1.13. The fourth-order valence-corrected chi connectivity index (χ4v) is 4.11. The van der Waals surface area contributed by atoms with E-state index in [0.29, 0.717) is 0 Å². The smallest absolute Gasteiger partial charge is 0.0534 e. The highest BCUT2D eigenvalue weighted by Gasteiger charge is 2.10. The Balaban J connectivity index is 1.70. The first kappa shape index (κ1) is 13.7. The summed E-state index contributed by atoms with van der Waals surface area (Å²) in [5.74, 6) is 0. The van der Waals surface area contributed by atoms with Gasteiger partial charge >= 0.3 is 0 Å². The molecular formula is C24H16N2. The number of H-pyrrole nitrogens is 1. The molecule has 0 radical (unpaired) electrons. The first-order valence-corrected chi connectivity index (χ1v) is 8.88. The normalized spacial score (nSPS) is 11.8. The van der Waals surface area contributed by atoms with Crippen LogP contribution in [0.3, 0.4) is 0 Å². The number of fused-ring (bicyclic) bond motifs is 6. The van der Waals surface area contributed by atoms with Crippen molar-refractivity contribution in [3.05, 3.63) is 91.1 Å². The number of rotatable bonds is 1. The Morgan fingerprint density at radius 3 is 2.35 bits per heavy atom. The van der Waals surface area contributed by atoms with E-state index in [0.717, 1.165) is 0 Å². The van der Waals surface area contributed by atoms with E-state index in [1.165, 1.54) is 49.2 Å². The van der Waals surface area contributed by atoms with Crippen molar-refractivity contribution in [1.29, 1.82) is 0 Å². The van der Waals surface area contributed by atoms with Gasteiger partial charge in [0.2, 0.25) is 0 Å². The molecule has 2 heterocycles. The predicted octanol–water partition coefficient (Wildman–Crippen LogP) is 6.42. The van der Waals surface area contributed by atoms with E-state index in [2.05, 4.69) is 101 Å². The molecule has 0 bridgehead atoms. The molecule has 0 saturated carbocycles. The Bertz CT molecular complexity index is 1420. The highest BCUT2D eigenvalue weighted by Crippen LogP contribution is 2.34. The van der Waals surface area contributed by atoms with Crippen LogP contribution in [-0.2, 0) is 0 Å². The van der Waals surface area contributed by atoms with E-state index in [-0.39, 0.29) is 0 Å². The molecule has 0 aliphatic rings. The second-order valence-electron chi connectivity index (χ2n) is 6.81. The number of hydrogen-bond acceptors (Lipinski definition) is 0. The molecule has 0 spiro atoms. The molecule has 0 aliphatic carbocycles. The maximum Gasteiger partial charge on any atom is 0.0534 e. The summed E-state index contributed by atoms with van der Waals surface area (Å²) < 4.78 is 2.25. The van der Waals surface area contributed by atoms with Gasteiger partial charge in [0.25, 0.3) is 0 Å². The topological polar surface area (TPSA) is 20.7 Å². The molecule has 26 heavy (non-hydrogen) atoms. The molecule has 1 N–H and O–H groups in total. The summed E-state index contributed by atoms with van der Waals surface area (Å²) in [7, 11) is 0. The second kappa shape index (κ2) is 4.99. The maximum absolute atomic E-state index is 3.57. The van der Waals surface area contributed by atoms with Crippen molar-refractivity contribution in [3.8, 4) is 5.69 Å². The summed E-state index contributed by atoms with van der Waals surface area (Å²) in [6.07, 6.45) is 2.16. The molecule has 2 heteroatoms. The van der Waals surface area contributed by atoms with Gasteiger partial charge in [0.05, 0.1) is 5.52 Å². The lowest BCUT2D eigenvalue weighted by Gasteiger charge is -2.07. The van der Waals surface area contributed by atoms with Gasteiger partial charge in [0.15, 0.2) is 0 Å². The van der Waals surface area contributed by atoms with Crippen molar-refractivity contribution in [2.75, 3.05) is 0 Å². The van der Waals surface area contributed by atoms with Crippen LogP contribution in [0, 0.1) is 0 Å². The van der Waals surface area contributed by atoms with Gasteiger partial charge in [-0.05, 0) is 53.2 Å². The van der Waals surface area contributed by atoms with E-state index >= 15 is 0 Å². The molecule has 122 valence electrons. The van der Waals surface area contributed by atoms with Crippen molar-refractivity contribution in [3.63, 3.8) is 0 Å². The molecule has 6 aromatic rings. The van der Waals surface area contributed by atoms with Gasteiger partial charge in [-0.1, -0.05) is 42.5 Å². The van der Waals surface area contributed by atoms with Crippen molar-refractivity contribution in [2.45, 2.75) is 0 Å². The molecule has 0 atom stereocenters. The lowest BCUT2D eigenvalue weighted by Crippen LogP contribution is -1.90. The van der Waals surface area contributed by atoms with Gasteiger partial charge in [-0.2, -0.15) is 0 Å². The number of aromatic nitrogens is 2. The van der Waals surface area contributed by atoms with Crippen molar-refractivity contribution < 1.29 is 0 Å². The van der Waals surface area contributed by atoms with Crippen LogP contribution in [0.4, 0.5) is 0 Å². The molecule has 6 rings (SSSR count). The molecule has 4 aromatic carbocycles. The van der Waals surface area contributed by atoms with Crippen molar-refractivity contribution >= 4 is 43.5 Å². The fraction of sp³-hybridized carbons (Fsp3) is 0. The van der Waals surface area contributed by atoms with E-state index in [9.17, 15) is 0 Å². The van der Waals surface area contributed by atoms with E-state index in [1.807, 2.05) is 0 Å². The minimum atomic E-state index is 1.19. The minimum Gasteiger partial charge on any atom is -0.354 e. The van der Waals surface area contributed by atoms with Crippen molar-refractivity contribution in [2.24, 2.45) is 0 Å². The maximum atomic E-state index is 3.57. The highest BCUT2D eigenvalue weighted by atomic mass is 15.0. The van der Waals surface area contributed by atoms with Crippen LogP contribution < -0.4 is 0 Å². The average molecular weight is 332 g/mol. The monoisotopic (exact) mass is 332 g/mol. The summed E-state index contributed by atoms with van der Waals surface area (Å²) >= 11 is 0. The molecule has 0 aliphatic heterocycles. The van der Waals surface area contributed by atoms with Crippen LogP contribution >= 0.6 is 0 Å².